The fourth-order valence-corrected chi connectivity index (χ4v) is 3.94. The van der Waals surface area contributed by atoms with Gasteiger partial charge < -0.3 is 10.2 Å². The zero-order valence-corrected chi connectivity index (χ0v) is 17.7. The number of nitrogens with one attached hydrogen (secondary N) is 1. The third kappa shape index (κ3) is 4.84. The lowest BCUT2D eigenvalue weighted by atomic mass is 9.92. The highest BCUT2D eigenvalue weighted by Crippen LogP contribution is 2.34. The van der Waals surface area contributed by atoms with E-state index < -0.39 is 0 Å². The van der Waals surface area contributed by atoms with Crippen molar-refractivity contribution < 1.29 is 4.79 Å². The van der Waals surface area contributed by atoms with Crippen LogP contribution in [0.25, 0.3) is 0 Å². The predicted molar refractivity (Wildman–Crippen MR) is 115 cm³/mol. The average Bonchev–Trinajstić information content (AvgIpc) is 2.56. The highest BCUT2D eigenvalue weighted by Gasteiger charge is 2.20. The van der Waals surface area contributed by atoms with Gasteiger partial charge in [-0.1, -0.05) is 56.1 Å². The van der Waals surface area contributed by atoms with Crippen LogP contribution in [0.1, 0.15) is 49.4 Å². The first-order valence-corrected chi connectivity index (χ1v) is 9.93. The Labute approximate surface area is 167 Å². The van der Waals surface area contributed by atoms with Gasteiger partial charge in [0.2, 0.25) is 5.91 Å². The molecule has 4 heteroatoms. The van der Waals surface area contributed by atoms with E-state index in [4.69, 9.17) is 11.6 Å². The van der Waals surface area contributed by atoms with Crippen LogP contribution in [0.2, 0.25) is 5.02 Å². The van der Waals surface area contributed by atoms with E-state index >= 15 is 0 Å². The zero-order chi connectivity index (χ0) is 19.8. The second-order valence-electron chi connectivity index (χ2n) is 8.85. The Morgan fingerprint density at radius 1 is 1.15 bits per heavy atom. The highest BCUT2D eigenvalue weighted by molar-refractivity contribution is 6.34. The summed E-state index contributed by atoms with van der Waals surface area (Å²) in [5.74, 6) is 0.00233. The third-order valence-electron chi connectivity index (χ3n) is 4.97. The molecule has 0 radical (unpaired) electrons. The Bertz CT molecular complexity index is 844. The van der Waals surface area contributed by atoms with E-state index in [1.807, 2.05) is 13.0 Å². The van der Waals surface area contributed by atoms with Gasteiger partial charge in [0, 0.05) is 25.2 Å². The van der Waals surface area contributed by atoms with Crippen molar-refractivity contribution in [3.05, 3.63) is 57.6 Å². The van der Waals surface area contributed by atoms with E-state index in [1.165, 1.54) is 16.7 Å². The number of aryl methyl sites for hydroxylation is 2. The van der Waals surface area contributed by atoms with E-state index in [0.29, 0.717) is 11.4 Å². The van der Waals surface area contributed by atoms with Crippen molar-refractivity contribution in [2.45, 2.75) is 54.0 Å². The molecule has 3 nitrogen and oxygen atoms in total. The quantitative estimate of drug-likeness (QED) is 0.715. The summed E-state index contributed by atoms with van der Waals surface area (Å²) in [7, 11) is 0. The van der Waals surface area contributed by atoms with Gasteiger partial charge in [0.05, 0.1) is 10.7 Å². The number of fused-ring (bicyclic) bond motifs is 1. The van der Waals surface area contributed by atoms with E-state index in [1.54, 1.807) is 0 Å². The monoisotopic (exact) mass is 384 g/mol. The van der Waals surface area contributed by atoms with Crippen LogP contribution in [0.4, 0.5) is 11.4 Å². The van der Waals surface area contributed by atoms with Gasteiger partial charge in [0.15, 0.2) is 0 Å². The third-order valence-corrected chi connectivity index (χ3v) is 5.26. The molecule has 0 spiro atoms. The number of rotatable bonds is 3. The Balaban J connectivity index is 1.79. The molecular weight excluding hydrogens is 356 g/mol. The van der Waals surface area contributed by atoms with Crippen molar-refractivity contribution in [2.75, 3.05) is 16.8 Å². The van der Waals surface area contributed by atoms with Crippen LogP contribution in [0.15, 0.2) is 30.3 Å². The summed E-state index contributed by atoms with van der Waals surface area (Å²) < 4.78 is 0. The number of amides is 1. The molecule has 2 aromatic rings. The summed E-state index contributed by atoms with van der Waals surface area (Å²) >= 11 is 6.55. The van der Waals surface area contributed by atoms with Crippen LogP contribution < -0.4 is 10.2 Å². The maximum atomic E-state index is 12.3. The topological polar surface area (TPSA) is 32.3 Å². The minimum absolute atomic E-state index is 0.00233. The first kappa shape index (κ1) is 19.8. The molecule has 2 aromatic carbocycles. The molecule has 144 valence electrons. The molecule has 0 unspecified atom stereocenters. The van der Waals surface area contributed by atoms with Crippen molar-refractivity contribution in [1.82, 2.24) is 0 Å². The SMILES string of the molecule is Cc1ccc2c(c1)CCN(c1cc(C)c(NC(=O)CC(C)(C)C)c(Cl)c1)C2. The molecular formula is C23H29ClN2O. The van der Waals surface area contributed by atoms with Gasteiger partial charge in [0.25, 0.3) is 0 Å². The van der Waals surface area contributed by atoms with Crippen molar-refractivity contribution in [1.29, 1.82) is 0 Å². The Morgan fingerprint density at radius 2 is 1.89 bits per heavy atom. The van der Waals surface area contributed by atoms with E-state index in [0.717, 1.165) is 36.4 Å². The molecule has 3 rings (SSSR count). The summed E-state index contributed by atoms with van der Waals surface area (Å²) in [4.78, 5) is 14.7. The molecule has 0 saturated heterocycles. The fraction of sp³-hybridized carbons (Fsp3) is 0.435. The first-order chi connectivity index (χ1) is 12.6. The molecule has 0 saturated carbocycles. The molecule has 0 bridgehead atoms. The lowest BCUT2D eigenvalue weighted by Crippen LogP contribution is -2.30. The van der Waals surface area contributed by atoms with Crippen LogP contribution in [-0.2, 0) is 17.8 Å². The Hall–Kier alpha value is -2.00. The number of hydrogen-bond donors (Lipinski definition) is 1. The Kier molecular flexibility index (Phi) is 5.53. The van der Waals surface area contributed by atoms with Gasteiger partial charge in [-0.15, -0.1) is 0 Å². The molecule has 1 aliphatic heterocycles. The minimum atomic E-state index is -0.0516. The van der Waals surface area contributed by atoms with Crippen molar-refractivity contribution in [2.24, 2.45) is 5.41 Å². The molecule has 1 amide bonds. The number of benzene rings is 2. The summed E-state index contributed by atoms with van der Waals surface area (Å²) in [5, 5.41) is 3.60. The van der Waals surface area contributed by atoms with E-state index in [-0.39, 0.29) is 11.3 Å². The maximum Gasteiger partial charge on any atom is 0.224 e. The molecule has 0 fully saturated rings. The number of carbonyl (C=O) groups is 1. The van der Waals surface area contributed by atoms with Gasteiger partial charge in [-0.3, -0.25) is 4.79 Å². The highest BCUT2D eigenvalue weighted by atomic mass is 35.5. The van der Waals surface area contributed by atoms with Gasteiger partial charge in [-0.2, -0.15) is 0 Å². The molecule has 0 aromatic heterocycles. The summed E-state index contributed by atoms with van der Waals surface area (Å²) in [6, 6.07) is 10.8. The van der Waals surface area contributed by atoms with Crippen LogP contribution in [0, 0.1) is 19.3 Å². The number of carbonyl (C=O) groups excluding carboxylic acids is 1. The second kappa shape index (κ2) is 7.55. The zero-order valence-electron chi connectivity index (χ0n) is 16.9. The van der Waals surface area contributed by atoms with E-state index in [2.05, 4.69) is 62.2 Å². The molecule has 0 atom stereocenters. The van der Waals surface area contributed by atoms with Gasteiger partial charge in [-0.25, -0.2) is 0 Å². The smallest absolute Gasteiger partial charge is 0.224 e. The largest absolute Gasteiger partial charge is 0.367 e. The maximum absolute atomic E-state index is 12.3. The van der Waals surface area contributed by atoms with E-state index in [9.17, 15) is 4.79 Å². The van der Waals surface area contributed by atoms with Gasteiger partial charge in [0.1, 0.15) is 0 Å². The van der Waals surface area contributed by atoms with Crippen molar-refractivity contribution in [3.8, 4) is 0 Å². The van der Waals surface area contributed by atoms with Crippen molar-refractivity contribution in [3.63, 3.8) is 0 Å². The first-order valence-electron chi connectivity index (χ1n) is 9.56. The number of anilines is 2. The van der Waals surface area contributed by atoms with Crippen LogP contribution in [0.5, 0.6) is 0 Å². The van der Waals surface area contributed by atoms with Crippen LogP contribution in [-0.4, -0.2) is 12.5 Å². The van der Waals surface area contributed by atoms with Crippen molar-refractivity contribution >= 4 is 28.9 Å². The molecule has 1 N–H and O–H groups in total. The van der Waals surface area contributed by atoms with Crippen LogP contribution >= 0.6 is 11.6 Å². The number of hydrogen-bond acceptors (Lipinski definition) is 2. The molecule has 1 heterocycles. The molecule has 0 aliphatic carbocycles. The predicted octanol–water partition coefficient (Wildman–Crippen LogP) is 5.89. The van der Waals surface area contributed by atoms with Gasteiger partial charge in [-0.05, 0) is 54.5 Å². The fourth-order valence-electron chi connectivity index (χ4n) is 3.63. The molecule has 27 heavy (non-hydrogen) atoms. The molecule has 1 aliphatic rings. The average molecular weight is 385 g/mol. The number of halogens is 1. The minimum Gasteiger partial charge on any atom is -0.367 e. The van der Waals surface area contributed by atoms with Gasteiger partial charge >= 0.3 is 0 Å². The summed E-state index contributed by atoms with van der Waals surface area (Å²) in [6.07, 6.45) is 1.50. The number of nitrogens with zero attached hydrogens (tertiary/aromatic N) is 1. The normalized spacial score (nSPS) is 14.1. The summed E-state index contributed by atoms with van der Waals surface area (Å²) in [5.41, 5.74) is 6.92. The lowest BCUT2D eigenvalue weighted by molar-refractivity contribution is -0.117. The Morgan fingerprint density at radius 3 is 2.56 bits per heavy atom. The second-order valence-corrected chi connectivity index (χ2v) is 9.26. The standard InChI is InChI=1S/C23H29ClN2O/c1-15-6-7-18-14-26(9-8-17(18)10-15)19-11-16(2)22(20(24)12-19)25-21(27)13-23(3,4)5/h6-7,10-12H,8-9,13-14H2,1-5H3,(H,25,27). The lowest BCUT2D eigenvalue weighted by Gasteiger charge is -2.31. The van der Waals surface area contributed by atoms with Crippen LogP contribution in [0.3, 0.4) is 0 Å². The summed E-state index contributed by atoms with van der Waals surface area (Å²) in [6.45, 7) is 12.2.